The molecule has 2 aliphatic rings. The summed E-state index contributed by atoms with van der Waals surface area (Å²) in [5.41, 5.74) is 1.46. The zero-order chi connectivity index (χ0) is 14.7. The second kappa shape index (κ2) is 6.18. The Balaban J connectivity index is 1.62. The molecule has 21 heavy (non-hydrogen) atoms. The summed E-state index contributed by atoms with van der Waals surface area (Å²) in [5, 5.41) is 0. The topological polar surface area (TPSA) is 52.2 Å². The van der Waals surface area contributed by atoms with Crippen LogP contribution in [0.4, 0.5) is 0 Å². The molecule has 1 aromatic heterocycles. The number of carbonyl (C=O) groups excluding carboxylic acids is 1. The van der Waals surface area contributed by atoms with E-state index in [1.165, 1.54) is 19.4 Å². The highest BCUT2D eigenvalue weighted by Crippen LogP contribution is 2.38. The fourth-order valence-corrected chi connectivity index (χ4v) is 3.90. The van der Waals surface area contributed by atoms with Gasteiger partial charge in [0, 0.05) is 49.8 Å². The zero-order valence-electron chi connectivity index (χ0n) is 13.0. The number of imidazole rings is 1. The van der Waals surface area contributed by atoms with Gasteiger partial charge in [-0.1, -0.05) is 6.92 Å². The predicted octanol–water partition coefficient (Wildman–Crippen LogP) is 1.68. The number of nitrogens with zero attached hydrogens (tertiary/aromatic N) is 3. The SMILES string of the molecule is CCN1CCC[C@]2(CCC(=O)N(CCc3cnc[nH]3)C2)C1. The molecule has 0 saturated carbocycles. The molecular formula is C16H26N4O. The van der Waals surface area contributed by atoms with Crippen LogP contribution in [0.2, 0.25) is 0 Å². The minimum atomic E-state index is 0.328. The van der Waals surface area contributed by atoms with E-state index in [1.54, 1.807) is 6.33 Å². The number of hydrogen-bond acceptors (Lipinski definition) is 3. The normalized spacial score (nSPS) is 27.5. The van der Waals surface area contributed by atoms with Crippen molar-refractivity contribution < 1.29 is 4.79 Å². The molecule has 0 unspecified atom stereocenters. The molecule has 3 heterocycles. The van der Waals surface area contributed by atoms with E-state index in [4.69, 9.17) is 0 Å². The summed E-state index contributed by atoms with van der Waals surface area (Å²) in [6, 6.07) is 0. The molecule has 2 fully saturated rings. The Morgan fingerprint density at radius 2 is 2.29 bits per heavy atom. The quantitative estimate of drug-likeness (QED) is 0.918. The van der Waals surface area contributed by atoms with Crippen LogP contribution in [0.3, 0.4) is 0 Å². The van der Waals surface area contributed by atoms with Crippen LogP contribution in [0.25, 0.3) is 0 Å². The number of rotatable bonds is 4. The van der Waals surface area contributed by atoms with Crippen molar-refractivity contribution in [2.24, 2.45) is 5.41 Å². The summed E-state index contributed by atoms with van der Waals surface area (Å²) < 4.78 is 0. The maximum Gasteiger partial charge on any atom is 0.222 e. The van der Waals surface area contributed by atoms with Crippen LogP contribution < -0.4 is 0 Å². The average Bonchev–Trinajstić information content (AvgIpc) is 3.02. The van der Waals surface area contributed by atoms with Gasteiger partial charge in [-0.25, -0.2) is 4.98 Å². The third-order valence-corrected chi connectivity index (χ3v) is 5.14. The van der Waals surface area contributed by atoms with Gasteiger partial charge in [-0.15, -0.1) is 0 Å². The highest BCUT2D eigenvalue weighted by molar-refractivity contribution is 5.77. The van der Waals surface area contributed by atoms with Gasteiger partial charge in [-0.05, 0) is 32.4 Å². The first-order valence-corrected chi connectivity index (χ1v) is 8.18. The highest BCUT2D eigenvalue weighted by Gasteiger charge is 2.41. The molecule has 1 amide bonds. The standard InChI is InChI=1S/C16H26N4O/c1-2-19-8-3-6-16(11-19)7-4-15(21)20(12-16)9-5-14-10-17-13-18-14/h10,13H,2-9,11-12H2,1H3,(H,17,18)/t16-/m0/s1. The Hall–Kier alpha value is -1.36. The molecule has 0 aliphatic carbocycles. The molecule has 1 atom stereocenters. The lowest BCUT2D eigenvalue weighted by molar-refractivity contribution is -0.139. The molecule has 0 bridgehead atoms. The van der Waals surface area contributed by atoms with Gasteiger partial charge < -0.3 is 14.8 Å². The summed E-state index contributed by atoms with van der Waals surface area (Å²) in [7, 11) is 0. The lowest BCUT2D eigenvalue weighted by atomic mass is 9.73. The maximum absolute atomic E-state index is 12.2. The molecule has 2 saturated heterocycles. The third kappa shape index (κ3) is 3.28. The van der Waals surface area contributed by atoms with Crippen LogP contribution in [0.5, 0.6) is 0 Å². The van der Waals surface area contributed by atoms with E-state index in [9.17, 15) is 4.79 Å². The third-order valence-electron chi connectivity index (χ3n) is 5.14. The molecule has 116 valence electrons. The van der Waals surface area contributed by atoms with Crippen LogP contribution >= 0.6 is 0 Å². The molecule has 1 N–H and O–H groups in total. The van der Waals surface area contributed by atoms with Crippen molar-refractivity contribution in [3.05, 3.63) is 18.2 Å². The van der Waals surface area contributed by atoms with E-state index in [0.29, 0.717) is 11.3 Å². The van der Waals surface area contributed by atoms with Gasteiger partial charge >= 0.3 is 0 Å². The number of aromatic nitrogens is 2. The Kier molecular flexibility index (Phi) is 4.29. The fraction of sp³-hybridized carbons (Fsp3) is 0.750. The average molecular weight is 290 g/mol. The summed E-state index contributed by atoms with van der Waals surface area (Å²) in [6.07, 6.45) is 8.77. The number of carbonyl (C=O) groups is 1. The highest BCUT2D eigenvalue weighted by atomic mass is 16.2. The van der Waals surface area contributed by atoms with E-state index < -0.39 is 0 Å². The van der Waals surface area contributed by atoms with Crippen LogP contribution in [0.1, 0.15) is 38.3 Å². The monoisotopic (exact) mass is 290 g/mol. The molecule has 5 nitrogen and oxygen atoms in total. The van der Waals surface area contributed by atoms with E-state index >= 15 is 0 Å². The van der Waals surface area contributed by atoms with Crippen molar-refractivity contribution in [1.29, 1.82) is 0 Å². The van der Waals surface area contributed by atoms with Crippen molar-refractivity contribution in [2.75, 3.05) is 32.7 Å². The smallest absolute Gasteiger partial charge is 0.222 e. The Bertz CT molecular complexity index is 473. The first kappa shape index (κ1) is 14.6. The van der Waals surface area contributed by atoms with Gasteiger partial charge in [0.15, 0.2) is 0 Å². The van der Waals surface area contributed by atoms with Gasteiger partial charge in [0.05, 0.1) is 6.33 Å². The van der Waals surface area contributed by atoms with E-state index in [0.717, 1.165) is 51.1 Å². The lowest BCUT2D eigenvalue weighted by Gasteiger charge is -2.48. The molecule has 1 aromatic rings. The number of nitrogens with one attached hydrogen (secondary N) is 1. The second-order valence-electron chi connectivity index (χ2n) is 6.61. The summed E-state index contributed by atoms with van der Waals surface area (Å²) in [4.78, 5) is 24.0. The molecule has 2 aliphatic heterocycles. The minimum Gasteiger partial charge on any atom is -0.348 e. The summed E-state index contributed by atoms with van der Waals surface area (Å²) in [6.45, 7) is 7.51. The van der Waals surface area contributed by atoms with Crippen molar-refractivity contribution in [3.63, 3.8) is 0 Å². The molecule has 1 spiro atoms. The molecule has 0 radical (unpaired) electrons. The van der Waals surface area contributed by atoms with Crippen LogP contribution in [0, 0.1) is 5.41 Å². The van der Waals surface area contributed by atoms with Crippen molar-refractivity contribution >= 4 is 5.91 Å². The number of piperidine rings is 2. The molecular weight excluding hydrogens is 264 g/mol. The predicted molar refractivity (Wildman–Crippen MR) is 81.9 cm³/mol. The van der Waals surface area contributed by atoms with Gasteiger partial charge in [0.2, 0.25) is 5.91 Å². The largest absolute Gasteiger partial charge is 0.348 e. The van der Waals surface area contributed by atoms with Crippen molar-refractivity contribution in [3.8, 4) is 0 Å². The summed E-state index contributed by atoms with van der Waals surface area (Å²) >= 11 is 0. The Morgan fingerprint density at radius 1 is 1.38 bits per heavy atom. The Labute approximate surface area is 126 Å². The van der Waals surface area contributed by atoms with Gasteiger partial charge in [0.1, 0.15) is 0 Å². The number of likely N-dealkylation sites (tertiary alicyclic amines) is 2. The van der Waals surface area contributed by atoms with Gasteiger partial charge in [-0.2, -0.15) is 0 Å². The molecule has 3 rings (SSSR count). The van der Waals surface area contributed by atoms with Crippen LogP contribution in [0.15, 0.2) is 12.5 Å². The van der Waals surface area contributed by atoms with E-state index in [-0.39, 0.29) is 0 Å². The number of amides is 1. The molecule has 5 heteroatoms. The summed E-state index contributed by atoms with van der Waals surface area (Å²) in [5.74, 6) is 0.328. The first-order chi connectivity index (χ1) is 10.2. The fourth-order valence-electron chi connectivity index (χ4n) is 3.90. The van der Waals surface area contributed by atoms with Gasteiger partial charge in [0.25, 0.3) is 0 Å². The number of hydrogen-bond donors (Lipinski definition) is 1. The van der Waals surface area contributed by atoms with Crippen LogP contribution in [-0.4, -0.2) is 58.4 Å². The van der Waals surface area contributed by atoms with Crippen LogP contribution in [-0.2, 0) is 11.2 Å². The lowest BCUT2D eigenvalue weighted by Crippen LogP contribution is -2.54. The van der Waals surface area contributed by atoms with E-state index in [2.05, 4.69) is 26.7 Å². The van der Waals surface area contributed by atoms with E-state index in [1.807, 2.05) is 6.20 Å². The van der Waals surface area contributed by atoms with Crippen molar-refractivity contribution in [1.82, 2.24) is 19.8 Å². The number of H-pyrrole nitrogens is 1. The molecule has 0 aromatic carbocycles. The second-order valence-corrected chi connectivity index (χ2v) is 6.61. The minimum absolute atomic E-state index is 0.328. The van der Waals surface area contributed by atoms with Gasteiger partial charge in [-0.3, -0.25) is 4.79 Å². The van der Waals surface area contributed by atoms with Crippen molar-refractivity contribution in [2.45, 2.75) is 39.0 Å². The maximum atomic E-state index is 12.2. The Morgan fingerprint density at radius 3 is 3.05 bits per heavy atom. The zero-order valence-corrected chi connectivity index (χ0v) is 13.0. The number of aromatic amines is 1. The first-order valence-electron chi connectivity index (χ1n) is 8.18.